The predicted octanol–water partition coefficient (Wildman–Crippen LogP) is 6.14. The average molecular weight is 480 g/mol. The van der Waals surface area contributed by atoms with E-state index >= 15 is 0 Å². The molecule has 178 valence electrons. The van der Waals surface area contributed by atoms with Gasteiger partial charge in [-0.15, -0.1) is 0 Å². The van der Waals surface area contributed by atoms with E-state index in [9.17, 15) is 19.1 Å². The first kappa shape index (κ1) is 21.9. The summed E-state index contributed by atoms with van der Waals surface area (Å²) in [6.45, 7) is 1.94. The number of hydrogen-bond donors (Lipinski definition) is 2. The smallest absolute Gasteiger partial charge is 0.290 e. The Hall–Kier alpha value is -4.65. The number of para-hydroxylation sites is 2. The summed E-state index contributed by atoms with van der Waals surface area (Å²) < 4.78 is 19.3. The summed E-state index contributed by atoms with van der Waals surface area (Å²) >= 11 is 0. The summed E-state index contributed by atoms with van der Waals surface area (Å²) in [4.78, 5) is 32.0. The zero-order valence-electron chi connectivity index (χ0n) is 19.3. The molecule has 0 saturated carbocycles. The molecule has 0 fully saturated rings. The van der Waals surface area contributed by atoms with Crippen LogP contribution in [0.1, 0.15) is 33.4 Å². The van der Waals surface area contributed by atoms with E-state index in [1.54, 1.807) is 30.3 Å². The van der Waals surface area contributed by atoms with Gasteiger partial charge in [0, 0.05) is 34.1 Å². The number of nitrogens with zero attached hydrogens (tertiary/aromatic N) is 1. The summed E-state index contributed by atoms with van der Waals surface area (Å²) in [5.74, 6) is -2.20. The van der Waals surface area contributed by atoms with Gasteiger partial charge in [-0.1, -0.05) is 48.5 Å². The lowest BCUT2D eigenvalue weighted by Gasteiger charge is -2.27. The minimum Gasteiger partial charge on any atom is -0.503 e. The fraction of sp³-hybridized carbons (Fsp3) is 0.103. The number of aryl methyl sites for hydroxylation is 1. The van der Waals surface area contributed by atoms with Crippen LogP contribution in [0.4, 0.5) is 4.39 Å². The van der Waals surface area contributed by atoms with Crippen molar-refractivity contribution in [1.29, 1.82) is 0 Å². The first-order valence-corrected chi connectivity index (χ1v) is 11.5. The molecule has 0 spiro atoms. The van der Waals surface area contributed by atoms with Gasteiger partial charge in [0.15, 0.2) is 11.5 Å². The standard InChI is InChI=1S/C29H21FN2O4/c1-16-24(20-7-3-4-8-21(20)31-16)26-25(27(33)23-14-18-6-2-5-9-22(18)36-23)28(34)29(35)32(26)15-17-10-12-19(30)13-11-17/h2-14,26,31,34H,15H2,1H3. The first-order chi connectivity index (χ1) is 17.4. The van der Waals surface area contributed by atoms with Crippen molar-refractivity contribution >= 4 is 33.6 Å². The van der Waals surface area contributed by atoms with Crippen LogP contribution in [0.5, 0.6) is 0 Å². The summed E-state index contributed by atoms with van der Waals surface area (Å²) in [6, 6.07) is 21.3. The summed E-state index contributed by atoms with van der Waals surface area (Å²) in [5, 5.41) is 12.6. The van der Waals surface area contributed by atoms with E-state index in [0.29, 0.717) is 16.7 Å². The number of H-pyrrole nitrogens is 1. The Labute approximate surface area is 205 Å². The van der Waals surface area contributed by atoms with Crippen molar-refractivity contribution < 1.29 is 23.5 Å². The van der Waals surface area contributed by atoms with Gasteiger partial charge in [-0.05, 0) is 42.8 Å². The molecule has 0 aliphatic carbocycles. The van der Waals surface area contributed by atoms with Gasteiger partial charge in [-0.25, -0.2) is 4.39 Å². The molecule has 36 heavy (non-hydrogen) atoms. The number of hydrogen-bond acceptors (Lipinski definition) is 4. The van der Waals surface area contributed by atoms with Crippen LogP contribution in [0.3, 0.4) is 0 Å². The number of nitrogens with one attached hydrogen (secondary N) is 1. The largest absolute Gasteiger partial charge is 0.503 e. The van der Waals surface area contributed by atoms with Gasteiger partial charge in [-0.3, -0.25) is 9.59 Å². The minimum absolute atomic E-state index is 0.0386. The fourth-order valence-electron chi connectivity index (χ4n) is 5.01. The highest BCUT2D eigenvalue weighted by atomic mass is 19.1. The van der Waals surface area contributed by atoms with Crippen molar-refractivity contribution in [3.05, 3.63) is 119 Å². The van der Waals surface area contributed by atoms with Crippen molar-refractivity contribution in [2.24, 2.45) is 0 Å². The van der Waals surface area contributed by atoms with Crippen LogP contribution in [0.15, 0.2) is 94.6 Å². The van der Waals surface area contributed by atoms with Crippen molar-refractivity contribution in [2.75, 3.05) is 0 Å². The molecule has 1 aliphatic heterocycles. The fourth-order valence-corrected chi connectivity index (χ4v) is 5.01. The number of Topliss-reactive ketones (excluding diaryl/α,β-unsaturated/α-hetero) is 1. The molecule has 0 saturated heterocycles. The van der Waals surface area contributed by atoms with Crippen LogP contribution in [0.2, 0.25) is 0 Å². The third kappa shape index (κ3) is 3.40. The molecule has 5 aromatic rings. The van der Waals surface area contributed by atoms with Gasteiger partial charge in [0.05, 0.1) is 11.6 Å². The number of aromatic amines is 1. The number of carbonyl (C=O) groups excluding carboxylic acids is 2. The molecule has 2 N–H and O–H groups in total. The van der Waals surface area contributed by atoms with Crippen LogP contribution in [0.25, 0.3) is 21.9 Å². The monoisotopic (exact) mass is 480 g/mol. The molecular weight excluding hydrogens is 459 g/mol. The highest BCUT2D eigenvalue weighted by molar-refractivity contribution is 6.16. The lowest BCUT2D eigenvalue weighted by molar-refractivity contribution is -0.130. The highest BCUT2D eigenvalue weighted by Crippen LogP contribution is 2.44. The molecule has 3 heterocycles. The molecule has 7 heteroatoms. The summed E-state index contributed by atoms with van der Waals surface area (Å²) in [5.41, 5.74) is 3.48. The Balaban J connectivity index is 1.52. The van der Waals surface area contributed by atoms with E-state index in [-0.39, 0.29) is 17.9 Å². The lowest BCUT2D eigenvalue weighted by Crippen LogP contribution is -2.31. The van der Waals surface area contributed by atoms with Gasteiger partial charge < -0.3 is 19.4 Å². The number of fused-ring (bicyclic) bond motifs is 2. The highest BCUT2D eigenvalue weighted by Gasteiger charge is 2.46. The molecule has 2 aromatic heterocycles. The van der Waals surface area contributed by atoms with E-state index in [0.717, 1.165) is 22.0 Å². The second-order valence-electron chi connectivity index (χ2n) is 8.91. The maximum Gasteiger partial charge on any atom is 0.290 e. The molecule has 6 rings (SSSR count). The second kappa shape index (κ2) is 8.23. The third-order valence-electron chi connectivity index (χ3n) is 6.68. The van der Waals surface area contributed by atoms with E-state index in [1.807, 2.05) is 43.3 Å². The van der Waals surface area contributed by atoms with Crippen LogP contribution >= 0.6 is 0 Å². The molecule has 1 unspecified atom stereocenters. The quantitative estimate of drug-likeness (QED) is 0.296. The predicted molar refractivity (Wildman–Crippen MR) is 133 cm³/mol. The van der Waals surface area contributed by atoms with E-state index < -0.39 is 29.3 Å². The van der Waals surface area contributed by atoms with E-state index in [1.165, 1.54) is 17.0 Å². The van der Waals surface area contributed by atoms with E-state index in [2.05, 4.69) is 4.98 Å². The number of aromatic nitrogens is 1. The van der Waals surface area contributed by atoms with Gasteiger partial charge in [-0.2, -0.15) is 0 Å². The van der Waals surface area contributed by atoms with Gasteiger partial charge in [0.25, 0.3) is 5.91 Å². The minimum atomic E-state index is -0.876. The van der Waals surface area contributed by atoms with E-state index in [4.69, 9.17) is 4.42 Å². The number of furan rings is 1. The number of benzene rings is 3. The summed E-state index contributed by atoms with van der Waals surface area (Å²) in [6.07, 6.45) is 0. The molecule has 0 bridgehead atoms. The Morgan fingerprint density at radius 2 is 1.78 bits per heavy atom. The van der Waals surface area contributed by atoms with Crippen molar-refractivity contribution in [1.82, 2.24) is 9.88 Å². The van der Waals surface area contributed by atoms with Gasteiger partial charge in [0.2, 0.25) is 5.78 Å². The average Bonchev–Trinajstić information content (AvgIpc) is 3.52. The van der Waals surface area contributed by atoms with Crippen molar-refractivity contribution in [2.45, 2.75) is 19.5 Å². The number of carbonyl (C=O) groups is 2. The first-order valence-electron chi connectivity index (χ1n) is 11.5. The molecular formula is C29H21FN2O4. The second-order valence-corrected chi connectivity index (χ2v) is 8.91. The number of aliphatic hydroxyl groups excluding tert-OH is 1. The maximum absolute atomic E-state index is 13.8. The molecule has 3 aromatic carbocycles. The Morgan fingerprint density at radius 1 is 1.06 bits per heavy atom. The van der Waals surface area contributed by atoms with Crippen LogP contribution < -0.4 is 0 Å². The van der Waals surface area contributed by atoms with Crippen LogP contribution in [-0.4, -0.2) is 26.7 Å². The molecule has 1 atom stereocenters. The number of rotatable bonds is 5. The zero-order chi connectivity index (χ0) is 25.0. The molecule has 0 radical (unpaired) electrons. The maximum atomic E-state index is 13.8. The number of aliphatic hydroxyl groups is 1. The van der Waals surface area contributed by atoms with Crippen LogP contribution in [0, 0.1) is 12.7 Å². The van der Waals surface area contributed by atoms with Gasteiger partial charge in [0.1, 0.15) is 11.4 Å². The number of halogens is 1. The number of ketones is 1. The summed E-state index contributed by atoms with van der Waals surface area (Å²) in [7, 11) is 0. The topological polar surface area (TPSA) is 86.5 Å². The van der Waals surface area contributed by atoms with Crippen LogP contribution in [-0.2, 0) is 11.3 Å². The molecule has 1 aliphatic rings. The molecule has 1 amide bonds. The van der Waals surface area contributed by atoms with Crippen molar-refractivity contribution in [3.8, 4) is 0 Å². The SMILES string of the molecule is Cc1[nH]c2ccccc2c1C1C(C(=O)c2cc3ccccc3o2)=C(O)C(=O)N1Cc1ccc(F)cc1. The Kier molecular flexibility index (Phi) is 5.00. The number of amides is 1. The Bertz CT molecular complexity index is 1660. The Morgan fingerprint density at radius 3 is 2.56 bits per heavy atom. The lowest BCUT2D eigenvalue weighted by atomic mass is 9.92. The van der Waals surface area contributed by atoms with Crippen molar-refractivity contribution in [3.63, 3.8) is 0 Å². The zero-order valence-corrected chi connectivity index (χ0v) is 19.3. The van der Waals surface area contributed by atoms with Gasteiger partial charge >= 0.3 is 0 Å². The molecule has 6 nitrogen and oxygen atoms in total. The third-order valence-corrected chi connectivity index (χ3v) is 6.68. The normalized spacial score (nSPS) is 16.0.